The zero-order chi connectivity index (χ0) is 24.0. The summed E-state index contributed by atoms with van der Waals surface area (Å²) < 4.78 is 1.34. The Hall–Kier alpha value is -3.20. The van der Waals surface area contributed by atoms with E-state index in [1.54, 1.807) is 23.5 Å². The van der Waals surface area contributed by atoms with Gasteiger partial charge in [0.2, 0.25) is 0 Å². The molecule has 0 bridgehead atoms. The van der Waals surface area contributed by atoms with Crippen LogP contribution in [-0.4, -0.2) is 27.0 Å². The largest absolute Gasteiger partial charge is 0.383 e. The third-order valence-corrected chi connectivity index (χ3v) is 6.46. The number of unbranched alkanes of at least 4 members (excludes halogenated alkanes) is 3. The van der Waals surface area contributed by atoms with Crippen molar-refractivity contribution in [2.45, 2.75) is 59.4 Å². The number of hydrogen-bond donors (Lipinski definition) is 2. The molecule has 3 N–H and O–H groups in total. The maximum atomic E-state index is 13.5. The number of rotatable bonds is 10. The second kappa shape index (κ2) is 11.1. The van der Waals surface area contributed by atoms with E-state index >= 15 is 0 Å². The lowest BCUT2D eigenvalue weighted by Crippen LogP contribution is -2.41. The van der Waals surface area contributed by atoms with Crippen LogP contribution in [0.4, 0.5) is 11.5 Å². The number of nitrogens with zero attached hydrogens (tertiary/aromatic N) is 3. The highest BCUT2D eigenvalue weighted by molar-refractivity contribution is 7.13. The predicted octanol–water partition coefficient (Wildman–Crippen LogP) is 4.19. The fourth-order valence-electron chi connectivity index (χ4n) is 3.61. The molecule has 2 aromatic heterocycles. The summed E-state index contributed by atoms with van der Waals surface area (Å²) >= 11 is 1.55. The number of carbonyl (C=O) groups excluding carboxylic acids is 1. The Bertz CT molecular complexity index is 1210. The Morgan fingerprint density at radius 3 is 2.42 bits per heavy atom. The molecule has 8 nitrogen and oxygen atoms in total. The highest BCUT2D eigenvalue weighted by Crippen LogP contribution is 2.25. The van der Waals surface area contributed by atoms with E-state index in [1.807, 2.05) is 31.4 Å². The van der Waals surface area contributed by atoms with Crippen molar-refractivity contribution in [1.82, 2.24) is 14.5 Å². The van der Waals surface area contributed by atoms with Gasteiger partial charge in [-0.3, -0.25) is 19.1 Å². The number of amides is 1. The van der Waals surface area contributed by atoms with Crippen LogP contribution >= 0.6 is 11.3 Å². The van der Waals surface area contributed by atoms with Crippen molar-refractivity contribution in [2.75, 3.05) is 17.2 Å². The molecule has 3 rings (SSSR count). The van der Waals surface area contributed by atoms with Crippen LogP contribution in [0.2, 0.25) is 0 Å². The first kappa shape index (κ1) is 24.4. The lowest BCUT2D eigenvalue weighted by molar-refractivity contribution is 0.0986. The summed E-state index contributed by atoms with van der Waals surface area (Å²) in [6.07, 6.45) is 4.18. The van der Waals surface area contributed by atoms with Crippen LogP contribution < -0.4 is 21.9 Å². The first-order valence-corrected chi connectivity index (χ1v) is 12.2. The molecular weight excluding hydrogens is 438 g/mol. The highest BCUT2D eigenvalue weighted by atomic mass is 32.1. The van der Waals surface area contributed by atoms with Gasteiger partial charge in [-0.2, -0.15) is 0 Å². The van der Waals surface area contributed by atoms with Gasteiger partial charge in [-0.25, -0.2) is 9.78 Å². The second-order valence-electron chi connectivity index (χ2n) is 8.03. The molecule has 0 aliphatic rings. The molecule has 176 valence electrons. The number of aromatic amines is 1. The van der Waals surface area contributed by atoms with Gasteiger partial charge in [0.05, 0.1) is 0 Å². The molecule has 0 radical (unpaired) electrons. The Labute approximate surface area is 197 Å². The molecule has 0 aliphatic heterocycles. The Kier molecular flexibility index (Phi) is 8.21. The molecule has 0 aliphatic carbocycles. The van der Waals surface area contributed by atoms with Gasteiger partial charge in [0, 0.05) is 35.3 Å². The molecule has 33 heavy (non-hydrogen) atoms. The van der Waals surface area contributed by atoms with Crippen LogP contribution in [0.15, 0.2) is 39.2 Å². The van der Waals surface area contributed by atoms with Crippen molar-refractivity contribution in [1.29, 1.82) is 0 Å². The monoisotopic (exact) mass is 469 g/mol. The van der Waals surface area contributed by atoms with E-state index in [2.05, 4.69) is 16.9 Å². The fourth-order valence-corrected chi connectivity index (χ4v) is 4.41. The maximum absolute atomic E-state index is 13.5. The molecular formula is C24H31N5O3S. The normalized spacial score (nSPS) is 11.0. The van der Waals surface area contributed by atoms with Gasteiger partial charge in [0.1, 0.15) is 10.8 Å². The minimum atomic E-state index is -0.648. The van der Waals surface area contributed by atoms with Gasteiger partial charge >= 0.3 is 5.69 Å². The van der Waals surface area contributed by atoms with Crippen molar-refractivity contribution >= 4 is 28.7 Å². The van der Waals surface area contributed by atoms with E-state index in [0.717, 1.165) is 41.9 Å². The molecule has 1 aromatic carbocycles. The zero-order valence-corrected chi connectivity index (χ0v) is 20.2. The number of hydrogen-bond acceptors (Lipinski definition) is 6. The number of nitrogens with one attached hydrogen (secondary N) is 1. The summed E-state index contributed by atoms with van der Waals surface area (Å²) in [4.78, 5) is 46.9. The van der Waals surface area contributed by atoms with Gasteiger partial charge in [-0.15, -0.1) is 11.3 Å². The summed E-state index contributed by atoms with van der Waals surface area (Å²) in [6, 6.07) is 7.17. The number of carbonyl (C=O) groups is 1. The summed E-state index contributed by atoms with van der Waals surface area (Å²) in [5, 5.41) is 2.86. The number of nitrogens with two attached hydrogens (primary N) is 1. The SMILES string of the molecule is CCCCCN(C(=O)c1ccc(-c2nc(C)cs2)cc1)c1c(N)n(CCCC)c(=O)[nH]c1=O. The molecule has 0 atom stereocenters. The van der Waals surface area contributed by atoms with E-state index in [0.29, 0.717) is 25.1 Å². The van der Waals surface area contributed by atoms with Gasteiger partial charge in [0.15, 0.2) is 5.69 Å². The number of benzene rings is 1. The molecule has 0 spiro atoms. The topological polar surface area (TPSA) is 114 Å². The van der Waals surface area contributed by atoms with Crippen molar-refractivity contribution in [3.8, 4) is 10.6 Å². The van der Waals surface area contributed by atoms with Gasteiger partial charge < -0.3 is 10.6 Å². The molecule has 0 fully saturated rings. The van der Waals surface area contributed by atoms with E-state index in [9.17, 15) is 14.4 Å². The van der Waals surface area contributed by atoms with Gasteiger partial charge in [-0.05, 0) is 31.9 Å². The first-order chi connectivity index (χ1) is 15.9. The highest BCUT2D eigenvalue weighted by Gasteiger charge is 2.25. The third kappa shape index (κ3) is 5.60. The quantitative estimate of drug-likeness (QED) is 0.432. The Morgan fingerprint density at radius 1 is 1.12 bits per heavy atom. The molecule has 3 aromatic rings. The minimum Gasteiger partial charge on any atom is -0.383 e. The van der Waals surface area contributed by atoms with Crippen LogP contribution in [0.5, 0.6) is 0 Å². The van der Waals surface area contributed by atoms with E-state index in [-0.39, 0.29) is 17.4 Å². The minimum absolute atomic E-state index is 0.0249. The smallest absolute Gasteiger partial charge is 0.330 e. The van der Waals surface area contributed by atoms with Crippen molar-refractivity contribution < 1.29 is 4.79 Å². The number of H-pyrrole nitrogens is 1. The Morgan fingerprint density at radius 2 is 1.82 bits per heavy atom. The van der Waals surface area contributed by atoms with Crippen molar-refractivity contribution in [2.24, 2.45) is 0 Å². The average Bonchev–Trinajstić information content (AvgIpc) is 3.23. The molecule has 9 heteroatoms. The van der Waals surface area contributed by atoms with Crippen LogP contribution in [0.1, 0.15) is 62.0 Å². The molecule has 0 saturated carbocycles. The maximum Gasteiger partial charge on any atom is 0.330 e. The van der Waals surface area contributed by atoms with E-state index in [1.165, 1.54) is 9.47 Å². The standard InChI is InChI=1S/C24H31N5O3S/c1-4-6-8-14-28(19-20(25)29(13-7-5-2)24(32)27-21(19)30)23(31)18-11-9-17(10-12-18)22-26-16(3)15-33-22/h9-12,15H,4-8,13-14,25H2,1-3H3,(H,27,30,32). The lowest BCUT2D eigenvalue weighted by Gasteiger charge is -2.24. The zero-order valence-electron chi connectivity index (χ0n) is 19.4. The molecule has 0 saturated heterocycles. The summed E-state index contributed by atoms with van der Waals surface area (Å²) in [6.45, 7) is 6.72. The number of anilines is 2. The van der Waals surface area contributed by atoms with Crippen LogP contribution in [0.3, 0.4) is 0 Å². The van der Waals surface area contributed by atoms with Crippen molar-refractivity contribution in [3.05, 3.63) is 61.7 Å². The number of nitrogen functional groups attached to an aromatic ring is 1. The number of thiazole rings is 1. The first-order valence-electron chi connectivity index (χ1n) is 11.3. The second-order valence-corrected chi connectivity index (χ2v) is 8.89. The molecule has 2 heterocycles. The van der Waals surface area contributed by atoms with Crippen molar-refractivity contribution in [3.63, 3.8) is 0 Å². The van der Waals surface area contributed by atoms with Crippen LogP contribution in [0.25, 0.3) is 10.6 Å². The summed E-state index contributed by atoms with van der Waals surface area (Å²) in [5.74, 6) is -0.303. The van der Waals surface area contributed by atoms with E-state index < -0.39 is 11.2 Å². The van der Waals surface area contributed by atoms with E-state index in [4.69, 9.17) is 5.73 Å². The van der Waals surface area contributed by atoms with Crippen LogP contribution in [-0.2, 0) is 6.54 Å². The predicted molar refractivity (Wildman–Crippen MR) is 134 cm³/mol. The molecule has 1 amide bonds. The number of aryl methyl sites for hydroxylation is 1. The van der Waals surface area contributed by atoms with Gasteiger partial charge in [0.25, 0.3) is 11.5 Å². The van der Waals surface area contributed by atoms with Gasteiger partial charge in [-0.1, -0.05) is 45.2 Å². The lowest BCUT2D eigenvalue weighted by atomic mass is 10.1. The third-order valence-electron chi connectivity index (χ3n) is 5.45. The van der Waals surface area contributed by atoms with Crippen LogP contribution in [0, 0.1) is 6.92 Å². The summed E-state index contributed by atoms with van der Waals surface area (Å²) in [7, 11) is 0. The summed E-state index contributed by atoms with van der Waals surface area (Å²) in [5.41, 5.74) is 7.43. The molecule has 0 unspecified atom stereocenters. The fraction of sp³-hybridized carbons (Fsp3) is 0.417. The Balaban J connectivity index is 2.00. The average molecular weight is 470 g/mol. The number of aromatic nitrogens is 3.